The Balaban J connectivity index is 1.76. The van der Waals surface area contributed by atoms with Gasteiger partial charge in [0.2, 0.25) is 0 Å². The third-order valence-electron chi connectivity index (χ3n) is 7.30. The van der Waals surface area contributed by atoms with Crippen LogP contribution in [0.1, 0.15) is 56.6 Å². The minimum absolute atomic E-state index is 0.00625. The molecule has 2 aromatic rings. The zero-order valence-electron chi connectivity index (χ0n) is 24.1. The monoisotopic (exact) mass is 629 g/mol. The predicted molar refractivity (Wildman–Crippen MR) is 157 cm³/mol. The van der Waals surface area contributed by atoms with Crippen LogP contribution in [0.25, 0.3) is 0 Å². The Morgan fingerprint density at radius 3 is 2.34 bits per heavy atom. The molecule has 220 valence electrons. The maximum atomic E-state index is 13.9. The van der Waals surface area contributed by atoms with Gasteiger partial charge in [-0.25, -0.2) is 4.79 Å². The molecule has 0 unspecified atom stereocenters. The number of phenolic OH excluding ortho intramolecular Hbond substituents is 1. The van der Waals surface area contributed by atoms with Crippen LogP contribution in [0.15, 0.2) is 57.3 Å². The summed E-state index contributed by atoms with van der Waals surface area (Å²) in [5.41, 5.74) is 3.72. The Morgan fingerprint density at radius 1 is 1.00 bits per heavy atom. The molecule has 2 aromatic carbocycles. The molecule has 9 nitrogen and oxygen atoms in total. The summed E-state index contributed by atoms with van der Waals surface area (Å²) in [5, 5.41) is 13.8. The molecule has 2 atom stereocenters. The number of carbonyl (C=O) groups is 2. The van der Waals surface area contributed by atoms with E-state index in [1.165, 1.54) is 7.11 Å². The highest BCUT2D eigenvalue weighted by atomic mass is 79.9. The van der Waals surface area contributed by atoms with E-state index < -0.39 is 11.9 Å². The molecule has 2 N–H and O–H groups in total. The number of hydrogen-bond donors (Lipinski definition) is 2. The minimum atomic E-state index is -0.727. The number of nitrogens with one attached hydrogen (secondary N) is 1. The summed E-state index contributed by atoms with van der Waals surface area (Å²) in [6.07, 6.45) is 0.796. The van der Waals surface area contributed by atoms with Crippen molar-refractivity contribution >= 4 is 27.7 Å². The van der Waals surface area contributed by atoms with Gasteiger partial charge in [-0.3, -0.25) is 4.79 Å². The molecule has 0 saturated heterocycles. The maximum Gasteiger partial charge on any atom is 0.336 e. The van der Waals surface area contributed by atoms with Crippen LogP contribution in [0, 0.1) is 0 Å². The summed E-state index contributed by atoms with van der Waals surface area (Å²) >= 11 is 3.39. The summed E-state index contributed by atoms with van der Waals surface area (Å²) in [6.45, 7) is 5.94. The van der Waals surface area contributed by atoms with Gasteiger partial charge < -0.3 is 34.1 Å². The van der Waals surface area contributed by atoms with Gasteiger partial charge in [-0.2, -0.15) is 0 Å². The first-order valence-corrected chi connectivity index (χ1v) is 14.2. The van der Waals surface area contributed by atoms with E-state index in [0.29, 0.717) is 44.8 Å². The number of carbonyl (C=O) groups excluding carboxylic acids is 2. The molecule has 41 heavy (non-hydrogen) atoms. The molecule has 0 amide bonds. The lowest BCUT2D eigenvalue weighted by atomic mass is 9.71. The quantitative estimate of drug-likeness (QED) is 0.259. The Morgan fingerprint density at radius 2 is 1.68 bits per heavy atom. The van der Waals surface area contributed by atoms with Crippen LogP contribution >= 0.6 is 15.9 Å². The van der Waals surface area contributed by atoms with Gasteiger partial charge in [0.1, 0.15) is 6.61 Å². The van der Waals surface area contributed by atoms with Crippen molar-refractivity contribution in [2.24, 2.45) is 0 Å². The van der Waals surface area contributed by atoms with Crippen molar-refractivity contribution in [1.29, 1.82) is 0 Å². The van der Waals surface area contributed by atoms with E-state index in [0.717, 1.165) is 11.3 Å². The first-order chi connectivity index (χ1) is 19.6. The van der Waals surface area contributed by atoms with Crippen LogP contribution < -0.4 is 19.5 Å². The van der Waals surface area contributed by atoms with E-state index in [1.54, 1.807) is 33.3 Å². The van der Waals surface area contributed by atoms with Gasteiger partial charge in [-0.1, -0.05) is 6.07 Å². The van der Waals surface area contributed by atoms with Crippen LogP contribution in [-0.4, -0.2) is 57.5 Å². The van der Waals surface area contributed by atoms with Crippen LogP contribution in [0.3, 0.4) is 0 Å². The van der Waals surface area contributed by atoms with Crippen molar-refractivity contribution in [3.63, 3.8) is 0 Å². The third kappa shape index (κ3) is 6.38. The molecule has 10 heteroatoms. The summed E-state index contributed by atoms with van der Waals surface area (Å²) in [4.78, 5) is 27.5. The van der Waals surface area contributed by atoms with Crippen molar-refractivity contribution in [1.82, 2.24) is 5.32 Å². The molecule has 1 heterocycles. The fourth-order valence-corrected chi connectivity index (χ4v) is 5.86. The number of benzene rings is 2. The number of ketones is 1. The van der Waals surface area contributed by atoms with Crippen molar-refractivity contribution in [3.8, 4) is 23.0 Å². The highest BCUT2D eigenvalue weighted by molar-refractivity contribution is 9.10. The van der Waals surface area contributed by atoms with Crippen molar-refractivity contribution in [2.45, 2.75) is 51.6 Å². The fourth-order valence-electron chi connectivity index (χ4n) is 5.40. The van der Waals surface area contributed by atoms with Gasteiger partial charge in [0.25, 0.3) is 0 Å². The smallest absolute Gasteiger partial charge is 0.336 e. The second-order valence-electron chi connectivity index (χ2n) is 10.2. The molecule has 4 rings (SSSR count). The lowest BCUT2D eigenvalue weighted by molar-refractivity contribution is -0.141. The van der Waals surface area contributed by atoms with Crippen molar-refractivity contribution in [2.75, 3.05) is 34.5 Å². The largest absolute Gasteiger partial charge is 0.503 e. The highest BCUT2D eigenvalue weighted by Crippen LogP contribution is 2.48. The number of methoxy groups -OCH3 is 3. The topological polar surface area (TPSA) is 113 Å². The van der Waals surface area contributed by atoms with Gasteiger partial charge in [-0.05, 0) is 84.4 Å². The zero-order chi connectivity index (χ0) is 29.8. The lowest BCUT2D eigenvalue weighted by Gasteiger charge is -2.37. The van der Waals surface area contributed by atoms with E-state index in [-0.39, 0.29) is 48.9 Å². The number of phenols is 1. The Labute approximate surface area is 248 Å². The number of dihydropyridines is 1. The lowest BCUT2D eigenvalue weighted by Crippen LogP contribution is -2.36. The van der Waals surface area contributed by atoms with Crippen molar-refractivity contribution < 1.29 is 38.4 Å². The first-order valence-electron chi connectivity index (χ1n) is 13.4. The second-order valence-corrected chi connectivity index (χ2v) is 11.1. The average molecular weight is 631 g/mol. The SMILES string of the molecule is COc1ccc([C@@H]2CC(=O)C3=C(C2)NC(C)=C(C(=O)OCCOC(C)C)[C@H]3c2cc(Br)c(O)c(OC)c2)cc1OC. The number of Topliss-reactive ketones (excluding diaryl/α,β-unsaturated/α-hetero) is 1. The molecule has 1 aliphatic carbocycles. The van der Waals surface area contributed by atoms with Crippen LogP contribution in [-0.2, 0) is 19.1 Å². The highest BCUT2D eigenvalue weighted by Gasteiger charge is 2.42. The average Bonchev–Trinajstić information content (AvgIpc) is 2.95. The Bertz CT molecular complexity index is 1400. The van der Waals surface area contributed by atoms with Crippen LogP contribution in [0.5, 0.6) is 23.0 Å². The molecule has 0 aromatic heterocycles. The second kappa shape index (κ2) is 13.0. The van der Waals surface area contributed by atoms with Gasteiger partial charge in [0.05, 0.1) is 44.1 Å². The normalized spacial score (nSPS) is 18.7. The molecular formula is C31H36BrNO8. The Hall–Kier alpha value is -3.50. The number of ether oxygens (including phenoxy) is 5. The molecule has 0 bridgehead atoms. The maximum absolute atomic E-state index is 13.9. The van der Waals surface area contributed by atoms with E-state index in [9.17, 15) is 14.7 Å². The first kappa shape index (κ1) is 30.5. The third-order valence-corrected chi connectivity index (χ3v) is 7.90. The molecule has 1 aliphatic heterocycles. The van der Waals surface area contributed by atoms with Crippen LogP contribution in [0.2, 0.25) is 0 Å². The van der Waals surface area contributed by atoms with E-state index in [1.807, 2.05) is 32.0 Å². The molecule has 0 saturated carbocycles. The Kier molecular flexibility index (Phi) is 9.65. The standard InChI is InChI=1S/C31H36BrNO8/c1-16(2)40-9-10-41-31(36)27-17(3)33-22-12-19(18-7-8-24(37-4)25(14-18)38-5)13-23(34)29(22)28(27)20-11-21(32)30(35)26(15-20)39-6/h7-8,11,14-16,19,28,33,35H,9-10,12-13H2,1-6H3/t19-,28+/m0/s1. The number of rotatable bonds is 10. The van der Waals surface area contributed by atoms with Gasteiger partial charge in [0.15, 0.2) is 28.8 Å². The number of hydrogen-bond acceptors (Lipinski definition) is 9. The molecule has 0 radical (unpaired) electrons. The summed E-state index contributed by atoms with van der Waals surface area (Å²) < 4.78 is 27.8. The molecular weight excluding hydrogens is 594 g/mol. The molecule has 2 aliphatic rings. The number of aromatic hydroxyl groups is 1. The number of esters is 1. The summed E-state index contributed by atoms with van der Waals surface area (Å²) in [6, 6.07) is 9.03. The van der Waals surface area contributed by atoms with E-state index in [4.69, 9.17) is 23.7 Å². The number of halogens is 1. The van der Waals surface area contributed by atoms with Gasteiger partial charge in [-0.15, -0.1) is 0 Å². The fraction of sp³-hybridized carbons (Fsp3) is 0.419. The predicted octanol–water partition coefficient (Wildman–Crippen LogP) is 5.51. The van der Waals surface area contributed by atoms with E-state index in [2.05, 4.69) is 21.2 Å². The summed E-state index contributed by atoms with van der Waals surface area (Å²) in [5.74, 6) is -0.114. The minimum Gasteiger partial charge on any atom is -0.503 e. The molecule has 0 spiro atoms. The zero-order valence-corrected chi connectivity index (χ0v) is 25.7. The number of allylic oxidation sites excluding steroid dienone is 3. The van der Waals surface area contributed by atoms with Gasteiger partial charge in [0, 0.05) is 29.3 Å². The van der Waals surface area contributed by atoms with Gasteiger partial charge >= 0.3 is 5.97 Å². The van der Waals surface area contributed by atoms with Crippen LogP contribution in [0.4, 0.5) is 0 Å². The summed E-state index contributed by atoms with van der Waals surface area (Å²) in [7, 11) is 4.61. The molecule has 0 fully saturated rings. The van der Waals surface area contributed by atoms with Crippen molar-refractivity contribution in [3.05, 3.63) is 68.5 Å². The van der Waals surface area contributed by atoms with E-state index >= 15 is 0 Å².